The van der Waals surface area contributed by atoms with E-state index in [2.05, 4.69) is 32.5 Å². The minimum Gasteiger partial charge on any atom is -0.496 e. The van der Waals surface area contributed by atoms with Crippen molar-refractivity contribution in [1.29, 1.82) is 5.41 Å². The summed E-state index contributed by atoms with van der Waals surface area (Å²) < 4.78 is 18.9. The molecule has 10 heteroatoms. The Hall–Kier alpha value is -3.24. The van der Waals surface area contributed by atoms with Gasteiger partial charge in [-0.15, -0.1) is 0 Å². The first kappa shape index (κ1) is 22.4. The fourth-order valence-corrected chi connectivity index (χ4v) is 3.34. The van der Waals surface area contributed by atoms with Crippen LogP contribution in [-0.4, -0.2) is 80.0 Å². The molecule has 0 unspecified atom stereocenters. The Morgan fingerprint density at radius 3 is 2.65 bits per heavy atom. The van der Waals surface area contributed by atoms with Crippen molar-refractivity contribution in [2.24, 2.45) is 0 Å². The lowest BCUT2D eigenvalue weighted by Gasteiger charge is -2.32. The number of carbonyl (C=O) groups excluding carboxylic acids is 1. The van der Waals surface area contributed by atoms with Crippen LogP contribution < -0.4 is 21.1 Å². The van der Waals surface area contributed by atoms with Crippen LogP contribution in [0.25, 0.3) is 0 Å². The van der Waals surface area contributed by atoms with Gasteiger partial charge in [-0.25, -0.2) is 14.2 Å². The van der Waals surface area contributed by atoms with E-state index in [0.717, 1.165) is 32.7 Å². The maximum absolute atomic E-state index is 13.6. The van der Waals surface area contributed by atoms with E-state index in [1.807, 2.05) is 0 Å². The quantitative estimate of drug-likeness (QED) is 0.497. The van der Waals surface area contributed by atoms with Crippen LogP contribution in [0, 0.1) is 11.2 Å². The van der Waals surface area contributed by atoms with Gasteiger partial charge in [0.2, 0.25) is 0 Å². The Labute approximate surface area is 180 Å². The summed E-state index contributed by atoms with van der Waals surface area (Å²) in [5.74, 6) is 0.176. The number of ether oxygens (including phenoxy) is 1. The Bertz CT molecular complexity index is 945. The number of aromatic nitrogens is 1. The summed E-state index contributed by atoms with van der Waals surface area (Å²) in [5, 5.41) is 13.8. The van der Waals surface area contributed by atoms with E-state index in [9.17, 15) is 9.18 Å². The van der Waals surface area contributed by atoms with E-state index in [4.69, 9.17) is 15.9 Å². The predicted molar refractivity (Wildman–Crippen MR) is 118 cm³/mol. The van der Waals surface area contributed by atoms with Crippen LogP contribution in [0.15, 0.2) is 30.3 Å². The maximum atomic E-state index is 13.6. The molecule has 0 spiro atoms. The van der Waals surface area contributed by atoms with E-state index < -0.39 is 5.82 Å². The summed E-state index contributed by atoms with van der Waals surface area (Å²) in [4.78, 5) is 20.9. The Kier molecular flexibility index (Phi) is 7.37. The molecule has 3 rings (SSSR count). The highest BCUT2D eigenvalue weighted by atomic mass is 19.1. The van der Waals surface area contributed by atoms with Crippen LogP contribution in [0.2, 0.25) is 0 Å². The number of halogens is 1. The lowest BCUT2D eigenvalue weighted by molar-refractivity contribution is 0.155. The van der Waals surface area contributed by atoms with Crippen LogP contribution in [0.3, 0.4) is 0 Å². The van der Waals surface area contributed by atoms with E-state index >= 15 is 0 Å². The van der Waals surface area contributed by atoms with Crippen molar-refractivity contribution in [3.63, 3.8) is 0 Å². The summed E-state index contributed by atoms with van der Waals surface area (Å²) >= 11 is 0. The van der Waals surface area contributed by atoms with E-state index in [0.29, 0.717) is 17.9 Å². The molecule has 1 aromatic carbocycles. The van der Waals surface area contributed by atoms with Crippen LogP contribution in [-0.2, 0) is 0 Å². The van der Waals surface area contributed by atoms with Gasteiger partial charge in [0, 0.05) is 50.4 Å². The van der Waals surface area contributed by atoms with Crippen LogP contribution in [0.5, 0.6) is 5.75 Å². The average molecular weight is 430 g/mol. The zero-order valence-electron chi connectivity index (χ0n) is 17.7. The molecule has 1 aliphatic heterocycles. The number of nitrogens with one attached hydrogen (secondary N) is 3. The number of rotatable bonds is 7. The van der Waals surface area contributed by atoms with E-state index in [1.54, 1.807) is 12.1 Å². The van der Waals surface area contributed by atoms with Gasteiger partial charge in [0.05, 0.1) is 12.8 Å². The van der Waals surface area contributed by atoms with Gasteiger partial charge in [-0.3, -0.25) is 15.6 Å². The molecule has 166 valence electrons. The molecule has 0 aliphatic carbocycles. The molecule has 1 fully saturated rings. The molecule has 1 saturated heterocycles. The molecule has 9 nitrogen and oxygen atoms in total. The molecule has 0 saturated carbocycles. The molecule has 0 atom stereocenters. The highest BCUT2D eigenvalue weighted by Crippen LogP contribution is 2.25. The molecule has 31 heavy (non-hydrogen) atoms. The number of nitrogens with two attached hydrogens (primary N) is 1. The third kappa shape index (κ3) is 5.89. The number of hydrogen-bond acceptors (Lipinski definition) is 7. The average Bonchev–Trinajstić information content (AvgIpc) is 2.75. The molecule has 2 heterocycles. The van der Waals surface area contributed by atoms with Gasteiger partial charge in [-0.1, -0.05) is 0 Å². The predicted octanol–water partition coefficient (Wildman–Crippen LogP) is 1.60. The summed E-state index contributed by atoms with van der Waals surface area (Å²) in [6.07, 6.45) is 0. The Balaban J connectivity index is 1.57. The summed E-state index contributed by atoms with van der Waals surface area (Å²) in [6, 6.07) is 6.65. The molecule has 1 aromatic heterocycles. The number of nitrogen functional groups attached to an aromatic ring is 1. The van der Waals surface area contributed by atoms with E-state index in [-0.39, 0.29) is 28.9 Å². The molecular weight excluding hydrogens is 401 g/mol. The second kappa shape index (κ2) is 10.2. The summed E-state index contributed by atoms with van der Waals surface area (Å²) in [5.41, 5.74) is 6.55. The number of nitrogens with zero attached hydrogens (tertiary/aromatic N) is 3. The number of benzene rings is 1. The van der Waals surface area contributed by atoms with Gasteiger partial charge >= 0.3 is 6.03 Å². The number of anilines is 2. The van der Waals surface area contributed by atoms with E-state index in [1.165, 1.54) is 25.3 Å². The van der Waals surface area contributed by atoms with Crippen LogP contribution in [0.1, 0.15) is 11.1 Å². The highest BCUT2D eigenvalue weighted by Gasteiger charge is 2.17. The third-order valence-electron chi connectivity index (χ3n) is 5.18. The topological polar surface area (TPSA) is 120 Å². The van der Waals surface area contributed by atoms with Crippen molar-refractivity contribution in [1.82, 2.24) is 20.1 Å². The first-order chi connectivity index (χ1) is 14.9. The minimum atomic E-state index is -0.487. The molecule has 5 N–H and O–H groups in total. The lowest BCUT2D eigenvalue weighted by atomic mass is 10.0. The maximum Gasteiger partial charge on any atom is 0.320 e. The van der Waals surface area contributed by atoms with Gasteiger partial charge in [-0.2, -0.15) is 0 Å². The van der Waals surface area contributed by atoms with Crippen molar-refractivity contribution in [2.75, 3.05) is 64.5 Å². The lowest BCUT2D eigenvalue weighted by Crippen LogP contribution is -2.47. The fourth-order valence-electron chi connectivity index (χ4n) is 3.34. The molecule has 2 amide bonds. The monoisotopic (exact) mass is 429 g/mol. The SMILES string of the molecule is COc1ccc(F)cc1C(=N)c1ccc(NC(=O)NCCN2CCN(C)CC2)nc1N. The molecule has 2 aromatic rings. The Morgan fingerprint density at radius 1 is 1.23 bits per heavy atom. The van der Waals surface area contributed by atoms with Gasteiger partial charge in [0.1, 0.15) is 23.2 Å². The third-order valence-corrected chi connectivity index (χ3v) is 5.18. The van der Waals surface area contributed by atoms with Gasteiger partial charge in [0.15, 0.2) is 0 Å². The zero-order valence-corrected chi connectivity index (χ0v) is 17.7. The number of urea groups is 1. The van der Waals surface area contributed by atoms with Gasteiger partial charge < -0.3 is 20.7 Å². The first-order valence-corrected chi connectivity index (χ1v) is 10.0. The highest BCUT2D eigenvalue weighted by molar-refractivity contribution is 6.15. The number of piperazine rings is 1. The standard InChI is InChI=1S/C21H28FN7O2/c1-28-9-11-29(12-10-28)8-7-25-21(30)27-18-6-4-15(20(24)26-18)19(23)16-13-14(22)3-5-17(16)31-2/h3-6,13,23H,7-12H2,1-2H3,(H4,24,25,26,27,30). The summed E-state index contributed by atoms with van der Waals surface area (Å²) in [7, 11) is 3.55. The van der Waals surface area contributed by atoms with Crippen LogP contribution in [0.4, 0.5) is 20.8 Å². The number of carbonyl (C=O) groups is 1. The zero-order chi connectivity index (χ0) is 22.4. The molecule has 0 radical (unpaired) electrons. The second-order valence-corrected chi connectivity index (χ2v) is 7.37. The number of amides is 2. The van der Waals surface area contributed by atoms with Crippen LogP contribution >= 0.6 is 0 Å². The number of likely N-dealkylation sites (N-methyl/N-ethyl adjacent to an activating group) is 1. The Morgan fingerprint density at radius 2 is 1.97 bits per heavy atom. The van der Waals surface area contributed by atoms with Crippen molar-refractivity contribution >= 4 is 23.4 Å². The summed E-state index contributed by atoms with van der Waals surface area (Å²) in [6.45, 7) is 5.33. The first-order valence-electron chi connectivity index (χ1n) is 10.0. The fraction of sp³-hybridized carbons (Fsp3) is 0.381. The van der Waals surface area contributed by atoms with Crippen molar-refractivity contribution in [3.8, 4) is 5.75 Å². The molecular formula is C21H28FN7O2. The smallest absolute Gasteiger partial charge is 0.320 e. The number of hydrogen-bond donors (Lipinski definition) is 4. The number of pyridine rings is 1. The van der Waals surface area contributed by atoms with Crippen molar-refractivity contribution in [3.05, 3.63) is 47.3 Å². The second-order valence-electron chi connectivity index (χ2n) is 7.37. The van der Waals surface area contributed by atoms with Gasteiger partial charge in [-0.05, 0) is 37.4 Å². The molecule has 1 aliphatic rings. The largest absolute Gasteiger partial charge is 0.496 e. The van der Waals surface area contributed by atoms with Gasteiger partial charge in [0.25, 0.3) is 0 Å². The minimum absolute atomic E-state index is 0.0236. The van der Waals surface area contributed by atoms with Crippen molar-refractivity contribution < 1.29 is 13.9 Å². The number of methoxy groups -OCH3 is 1. The van der Waals surface area contributed by atoms with Crippen molar-refractivity contribution in [2.45, 2.75) is 0 Å². The normalized spacial score (nSPS) is 14.8. The molecule has 0 bridgehead atoms.